The fourth-order valence-corrected chi connectivity index (χ4v) is 3.50. The van der Waals surface area contributed by atoms with Gasteiger partial charge in [-0.3, -0.25) is 14.4 Å². The van der Waals surface area contributed by atoms with Crippen molar-refractivity contribution in [1.29, 1.82) is 0 Å². The Morgan fingerprint density at radius 3 is 2.61 bits per heavy atom. The molecule has 2 aromatic rings. The number of rotatable bonds is 8. The number of amides is 1. The molecule has 1 aliphatic rings. The number of nitrogens with one attached hydrogen (secondary N) is 1. The van der Waals surface area contributed by atoms with Crippen LogP contribution >= 0.6 is 11.8 Å². The van der Waals surface area contributed by atoms with Crippen LogP contribution in [0.2, 0.25) is 0 Å². The molecule has 1 heterocycles. The average molecular weight is 399 g/mol. The minimum Gasteiger partial charge on any atom is -0.494 e. The third kappa shape index (κ3) is 4.72. The van der Waals surface area contributed by atoms with Crippen LogP contribution in [0.15, 0.2) is 47.4 Å². The molecule has 2 aromatic carbocycles. The Balaban J connectivity index is 1.48. The molecule has 3 rings (SSSR count). The van der Waals surface area contributed by atoms with Crippen LogP contribution < -0.4 is 10.1 Å². The molecule has 0 fully saturated rings. The summed E-state index contributed by atoms with van der Waals surface area (Å²) in [7, 11) is 0. The summed E-state index contributed by atoms with van der Waals surface area (Å²) in [6.45, 7) is 3.98. The molecule has 28 heavy (non-hydrogen) atoms. The number of fused-ring (bicyclic) bond motifs is 1. The van der Waals surface area contributed by atoms with Crippen molar-refractivity contribution in [2.75, 3.05) is 24.3 Å². The molecule has 1 amide bonds. The van der Waals surface area contributed by atoms with Crippen LogP contribution in [-0.2, 0) is 14.3 Å². The Morgan fingerprint density at radius 1 is 1.14 bits per heavy atom. The van der Waals surface area contributed by atoms with E-state index in [4.69, 9.17) is 9.47 Å². The highest BCUT2D eigenvalue weighted by Crippen LogP contribution is 2.32. The summed E-state index contributed by atoms with van der Waals surface area (Å²) in [5.74, 6) is -0.248. The van der Waals surface area contributed by atoms with Gasteiger partial charge in [-0.2, -0.15) is 0 Å². The monoisotopic (exact) mass is 399 g/mol. The van der Waals surface area contributed by atoms with Gasteiger partial charge in [0.1, 0.15) is 5.75 Å². The molecule has 0 aliphatic carbocycles. The first kappa shape index (κ1) is 19.9. The van der Waals surface area contributed by atoms with E-state index in [-0.39, 0.29) is 30.0 Å². The molecule has 0 saturated heterocycles. The first-order valence-corrected chi connectivity index (χ1v) is 9.95. The van der Waals surface area contributed by atoms with Crippen molar-refractivity contribution in [3.05, 3.63) is 53.6 Å². The van der Waals surface area contributed by atoms with E-state index in [1.54, 1.807) is 25.1 Å². The van der Waals surface area contributed by atoms with E-state index in [1.165, 1.54) is 11.8 Å². The Hall–Kier alpha value is -2.80. The van der Waals surface area contributed by atoms with E-state index in [2.05, 4.69) is 5.32 Å². The van der Waals surface area contributed by atoms with Gasteiger partial charge >= 0.3 is 5.97 Å². The molecular weight excluding hydrogens is 378 g/mol. The molecule has 0 radical (unpaired) electrons. The zero-order valence-corrected chi connectivity index (χ0v) is 16.5. The number of esters is 1. The summed E-state index contributed by atoms with van der Waals surface area (Å²) in [6, 6.07) is 12.4. The minimum absolute atomic E-state index is 0.0858. The van der Waals surface area contributed by atoms with Gasteiger partial charge in [-0.25, -0.2) is 0 Å². The van der Waals surface area contributed by atoms with E-state index < -0.39 is 5.97 Å². The van der Waals surface area contributed by atoms with E-state index in [1.807, 2.05) is 31.2 Å². The van der Waals surface area contributed by atoms with Crippen LogP contribution in [0.25, 0.3) is 0 Å². The predicted molar refractivity (Wildman–Crippen MR) is 107 cm³/mol. The first-order chi connectivity index (χ1) is 13.5. The number of anilines is 1. The Morgan fingerprint density at radius 2 is 1.89 bits per heavy atom. The number of Topliss-reactive ketones (excluding diaryl/α,β-unsaturated/α-hetero) is 1. The van der Waals surface area contributed by atoms with Gasteiger partial charge in [-0.1, -0.05) is 0 Å². The highest BCUT2D eigenvalue weighted by Gasteiger charge is 2.27. The minimum atomic E-state index is -0.460. The molecular formula is C21H21NO5S. The van der Waals surface area contributed by atoms with Gasteiger partial charge in [0.05, 0.1) is 18.3 Å². The Labute approximate surface area is 167 Å². The Kier molecular flexibility index (Phi) is 6.36. The van der Waals surface area contributed by atoms with Crippen LogP contribution in [0, 0.1) is 0 Å². The van der Waals surface area contributed by atoms with Gasteiger partial charge < -0.3 is 14.8 Å². The molecule has 0 aromatic heterocycles. The second-order valence-corrected chi connectivity index (χ2v) is 7.34. The highest BCUT2D eigenvalue weighted by molar-refractivity contribution is 8.00. The molecule has 0 unspecified atom stereocenters. The molecule has 1 atom stereocenters. The summed E-state index contributed by atoms with van der Waals surface area (Å²) in [6.07, 6.45) is 0. The average Bonchev–Trinajstić information content (AvgIpc) is 2.99. The lowest BCUT2D eigenvalue weighted by Crippen LogP contribution is -2.15. The number of hydrogen-bond donors (Lipinski definition) is 1. The maximum absolute atomic E-state index is 12.3. The van der Waals surface area contributed by atoms with Crippen LogP contribution in [0.1, 0.15) is 35.7 Å². The van der Waals surface area contributed by atoms with Crippen molar-refractivity contribution in [2.24, 2.45) is 0 Å². The van der Waals surface area contributed by atoms with Crippen LogP contribution in [0.5, 0.6) is 5.75 Å². The molecule has 0 saturated carbocycles. The van der Waals surface area contributed by atoms with E-state index >= 15 is 0 Å². The lowest BCUT2D eigenvalue weighted by atomic mass is 9.99. The molecule has 1 N–H and O–H groups in total. The third-order valence-corrected chi connectivity index (χ3v) is 5.33. The summed E-state index contributed by atoms with van der Waals surface area (Å²) < 4.78 is 10.5. The van der Waals surface area contributed by atoms with Gasteiger partial charge in [-0.15, -0.1) is 11.8 Å². The quantitative estimate of drug-likeness (QED) is 0.414. The molecule has 0 bridgehead atoms. The van der Waals surface area contributed by atoms with Gasteiger partial charge in [-0.05, 0) is 61.9 Å². The smallest absolute Gasteiger partial charge is 0.316 e. The van der Waals surface area contributed by atoms with Crippen LogP contribution in [-0.4, -0.2) is 36.6 Å². The maximum atomic E-state index is 12.3. The maximum Gasteiger partial charge on any atom is 0.316 e. The summed E-state index contributed by atoms with van der Waals surface area (Å²) in [4.78, 5) is 36.8. The lowest BCUT2D eigenvalue weighted by molar-refractivity contribution is -0.139. The topological polar surface area (TPSA) is 81.7 Å². The summed E-state index contributed by atoms with van der Waals surface area (Å²) in [5, 5.41) is 2.76. The molecule has 7 heteroatoms. The van der Waals surface area contributed by atoms with Crippen molar-refractivity contribution < 1.29 is 23.9 Å². The van der Waals surface area contributed by atoms with E-state index in [0.717, 1.165) is 21.9 Å². The molecule has 146 valence electrons. The standard InChI is InChI=1S/C21H21NO5S/c1-3-26-15-5-7-16(8-6-15)28-12-20(24)27-11-19(23)14-4-9-18-17(10-14)13(2)21(25)22-18/h4-10,13H,3,11-12H2,1-2H3,(H,22,25)/t13-/m1/s1. The van der Waals surface area contributed by atoms with Crippen molar-refractivity contribution in [2.45, 2.75) is 24.7 Å². The zero-order valence-electron chi connectivity index (χ0n) is 15.7. The van der Waals surface area contributed by atoms with E-state index in [0.29, 0.717) is 12.2 Å². The zero-order chi connectivity index (χ0) is 20.1. The number of carbonyl (C=O) groups excluding carboxylic acids is 3. The van der Waals surface area contributed by atoms with Crippen LogP contribution in [0.3, 0.4) is 0 Å². The number of hydrogen-bond acceptors (Lipinski definition) is 6. The second-order valence-electron chi connectivity index (χ2n) is 6.29. The normalized spacial score (nSPS) is 14.9. The number of carbonyl (C=O) groups is 3. The van der Waals surface area contributed by atoms with Crippen molar-refractivity contribution >= 4 is 35.1 Å². The SMILES string of the molecule is CCOc1ccc(SCC(=O)OCC(=O)c2ccc3c(c2)[C@@H](C)C(=O)N3)cc1. The third-order valence-electron chi connectivity index (χ3n) is 4.35. The Bertz CT molecular complexity index is 894. The fourth-order valence-electron chi connectivity index (χ4n) is 2.80. The predicted octanol–water partition coefficient (Wildman–Crippen LogP) is 3.66. The van der Waals surface area contributed by atoms with Crippen molar-refractivity contribution in [3.8, 4) is 5.75 Å². The highest BCUT2D eigenvalue weighted by atomic mass is 32.2. The van der Waals surface area contributed by atoms with Crippen molar-refractivity contribution in [3.63, 3.8) is 0 Å². The van der Waals surface area contributed by atoms with E-state index in [9.17, 15) is 14.4 Å². The molecule has 0 spiro atoms. The van der Waals surface area contributed by atoms with Gasteiger partial charge in [0.15, 0.2) is 12.4 Å². The molecule has 6 nitrogen and oxygen atoms in total. The summed E-state index contributed by atoms with van der Waals surface area (Å²) in [5.41, 5.74) is 1.93. The number of thioether (sulfide) groups is 1. The van der Waals surface area contributed by atoms with Gasteiger partial charge in [0.2, 0.25) is 5.91 Å². The molecule has 1 aliphatic heterocycles. The van der Waals surface area contributed by atoms with Crippen LogP contribution in [0.4, 0.5) is 5.69 Å². The fraction of sp³-hybridized carbons (Fsp3) is 0.286. The summed E-state index contributed by atoms with van der Waals surface area (Å²) >= 11 is 1.33. The largest absolute Gasteiger partial charge is 0.494 e. The van der Waals surface area contributed by atoms with Gasteiger partial charge in [0, 0.05) is 16.1 Å². The number of ether oxygens (including phenoxy) is 2. The first-order valence-electron chi connectivity index (χ1n) is 8.97. The second kappa shape index (κ2) is 8.93. The number of ketones is 1. The van der Waals surface area contributed by atoms with Gasteiger partial charge in [0.25, 0.3) is 0 Å². The lowest BCUT2D eigenvalue weighted by Gasteiger charge is -2.07. The number of benzene rings is 2. The van der Waals surface area contributed by atoms with Crippen molar-refractivity contribution in [1.82, 2.24) is 0 Å².